The number of hydrogen-bond acceptors (Lipinski definition) is 2. The molecule has 0 fully saturated rings. The Morgan fingerprint density at radius 2 is 1.54 bits per heavy atom. The predicted molar refractivity (Wildman–Crippen MR) is 65.6 cm³/mol. The molecule has 1 aliphatic carbocycles. The van der Waals surface area contributed by atoms with Crippen molar-refractivity contribution < 1.29 is 45.0 Å². The van der Waals surface area contributed by atoms with Gasteiger partial charge in [0.25, 0.3) is 0 Å². The van der Waals surface area contributed by atoms with E-state index in [1.54, 1.807) is 0 Å². The van der Waals surface area contributed by atoms with E-state index in [0.29, 0.717) is 6.07 Å². The number of ketones is 1. The van der Waals surface area contributed by atoms with Crippen LogP contribution in [0.2, 0.25) is 5.02 Å². The normalized spacial score (nSPS) is 15.7. The van der Waals surface area contributed by atoms with Gasteiger partial charge in [-0.15, -0.1) is 0 Å². The van der Waals surface area contributed by atoms with Gasteiger partial charge < -0.3 is 5.11 Å². The molecule has 132 valence electrons. The van der Waals surface area contributed by atoms with Gasteiger partial charge in [0.2, 0.25) is 5.78 Å². The van der Waals surface area contributed by atoms with Crippen LogP contribution in [0.1, 0.15) is 11.1 Å². The number of carbonyl (C=O) groups excluding carboxylic acids is 1. The molecular formula is C13H5ClF8O2. The molecule has 1 N–H and O–H groups in total. The topological polar surface area (TPSA) is 37.3 Å². The average molecular weight is 381 g/mol. The van der Waals surface area contributed by atoms with E-state index in [0.717, 1.165) is 6.07 Å². The highest BCUT2D eigenvalue weighted by Gasteiger charge is 2.77. The van der Waals surface area contributed by atoms with Crippen LogP contribution in [0.5, 0.6) is 0 Å². The van der Waals surface area contributed by atoms with Crippen molar-refractivity contribution in [2.45, 2.75) is 24.4 Å². The number of alkyl halides is 7. The van der Waals surface area contributed by atoms with Crippen LogP contribution in [0, 0.1) is 5.82 Å². The molecule has 0 unspecified atom stereocenters. The summed E-state index contributed by atoms with van der Waals surface area (Å²) in [4.78, 5) is 11.6. The molecule has 1 aromatic carbocycles. The molecule has 0 aromatic heterocycles. The van der Waals surface area contributed by atoms with Gasteiger partial charge in [-0.3, -0.25) is 4.79 Å². The highest BCUT2D eigenvalue weighted by Crippen LogP contribution is 2.50. The van der Waals surface area contributed by atoms with E-state index in [2.05, 4.69) is 0 Å². The number of hydrogen-bond donors (Lipinski definition) is 1. The minimum atomic E-state index is -6.62. The van der Waals surface area contributed by atoms with E-state index in [1.165, 1.54) is 0 Å². The molecule has 0 spiro atoms. The van der Waals surface area contributed by atoms with E-state index in [9.17, 15) is 45.0 Å². The van der Waals surface area contributed by atoms with Crippen LogP contribution in [-0.2, 0) is 11.2 Å². The quantitative estimate of drug-likeness (QED) is 0.755. The monoisotopic (exact) mass is 380 g/mol. The van der Waals surface area contributed by atoms with Gasteiger partial charge >= 0.3 is 18.0 Å². The van der Waals surface area contributed by atoms with Crippen molar-refractivity contribution >= 4 is 23.1 Å². The van der Waals surface area contributed by atoms with E-state index in [1.807, 2.05) is 0 Å². The second kappa shape index (κ2) is 5.33. The Labute approximate surface area is 133 Å². The Balaban J connectivity index is 2.61. The number of Topliss-reactive ketones (excluding diaryl/α,β-unsaturated/α-hetero) is 1. The molecule has 0 atom stereocenters. The Morgan fingerprint density at radius 3 is 2.00 bits per heavy atom. The summed E-state index contributed by atoms with van der Waals surface area (Å²) in [6, 6.07) is 1.55. The predicted octanol–water partition coefficient (Wildman–Crippen LogP) is 4.71. The van der Waals surface area contributed by atoms with Crippen LogP contribution in [0.15, 0.2) is 17.7 Å². The van der Waals surface area contributed by atoms with Crippen LogP contribution in [0.3, 0.4) is 0 Å². The summed E-state index contributed by atoms with van der Waals surface area (Å²) in [6.45, 7) is 0. The lowest BCUT2D eigenvalue weighted by atomic mass is 9.91. The molecular weight excluding hydrogens is 376 g/mol. The highest BCUT2D eigenvalue weighted by atomic mass is 35.5. The van der Waals surface area contributed by atoms with Crippen molar-refractivity contribution in [3.05, 3.63) is 39.7 Å². The van der Waals surface area contributed by atoms with E-state index < -0.39 is 52.9 Å². The third kappa shape index (κ3) is 2.52. The fourth-order valence-electron chi connectivity index (χ4n) is 2.27. The molecule has 24 heavy (non-hydrogen) atoms. The molecule has 1 aromatic rings. The second-order valence-electron chi connectivity index (χ2n) is 4.91. The number of carbonyl (C=O) groups is 1. The average Bonchev–Trinajstić information content (AvgIpc) is 2.71. The summed E-state index contributed by atoms with van der Waals surface area (Å²) in [5.74, 6) is -5.81. The van der Waals surface area contributed by atoms with E-state index >= 15 is 0 Å². The molecule has 0 bridgehead atoms. The molecule has 0 aliphatic heterocycles. The number of allylic oxidation sites excluding steroid dienone is 1. The standard InChI is InChI=1S/C13H5ClF8O2/c14-5-1-4-2-6(9(23)8(4)7(15)3-5)10(24)11(16,12(17,18)19)13(20,21)22/h1,3,23H,2H2. The first-order chi connectivity index (χ1) is 10.7. The van der Waals surface area contributed by atoms with Gasteiger partial charge in [-0.25, -0.2) is 8.78 Å². The fraction of sp³-hybridized carbons (Fsp3) is 0.308. The smallest absolute Gasteiger partial charge is 0.439 e. The number of benzene rings is 1. The van der Waals surface area contributed by atoms with Gasteiger partial charge in [0.05, 0.1) is 5.56 Å². The zero-order valence-corrected chi connectivity index (χ0v) is 11.9. The van der Waals surface area contributed by atoms with Crippen molar-refractivity contribution in [1.29, 1.82) is 0 Å². The van der Waals surface area contributed by atoms with Crippen molar-refractivity contribution in [2.24, 2.45) is 0 Å². The Kier molecular flexibility index (Phi) is 4.11. The third-order valence-electron chi connectivity index (χ3n) is 3.39. The minimum absolute atomic E-state index is 0.272. The van der Waals surface area contributed by atoms with Gasteiger partial charge in [-0.2, -0.15) is 26.3 Å². The minimum Gasteiger partial charge on any atom is -0.507 e. The largest absolute Gasteiger partial charge is 0.507 e. The van der Waals surface area contributed by atoms with Crippen LogP contribution in [0.4, 0.5) is 35.1 Å². The van der Waals surface area contributed by atoms with Crippen LogP contribution in [-0.4, -0.2) is 28.9 Å². The Bertz CT molecular complexity index is 734. The number of halogens is 9. The molecule has 0 amide bonds. The lowest BCUT2D eigenvalue weighted by Crippen LogP contribution is -2.59. The zero-order valence-electron chi connectivity index (χ0n) is 11.1. The second-order valence-corrected chi connectivity index (χ2v) is 5.35. The summed E-state index contributed by atoms with van der Waals surface area (Å²) in [5.41, 5.74) is -8.91. The fourth-order valence-corrected chi connectivity index (χ4v) is 2.50. The van der Waals surface area contributed by atoms with Gasteiger partial charge in [0, 0.05) is 17.0 Å². The van der Waals surface area contributed by atoms with Gasteiger partial charge in [0.1, 0.15) is 11.6 Å². The Morgan fingerprint density at radius 1 is 1.04 bits per heavy atom. The molecule has 0 heterocycles. The zero-order chi connectivity index (χ0) is 18.7. The molecule has 11 heteroatoms. The lowest BCUT2D eigenvalue weighted by molar-refractivity contribution is -0.324. The SMILES string of the molecule is O=C(C1=C(O)c2c(F)cc(Cl)cc2C1)C(F)(C(F)(F)F)C(F)(F)F. The van der Waals surface area contributed by atoms with E-state index in [4.69, 9.17) is 11.6 Å². The first-order valence-electron chi connectivity index (χ1n) is 5.99. The lowest BCUT2D eigenvalue weighted by Gasteiger charge is -2.28. The number of fused-ring (bicyclic) bond motifs is 1. The summed E-state index contributed by atoms with van der Waals surface area (Å²) in [7, 11) is 0. The maximum atomic E-state index is 13.8. The summed E-state index contributed by atoms with van der Waals surface area (Å²) in [6.07, 6.45) is -14.3. The maximum absolute atomic E-state index is 13.8. The van der Waals surface area contributed by atoms with E-state index in [-0.39, 0.29) is 10.6 Å². The number of aliphatic hydroxyl groups is 1. The molecule has 0 radical (unpaired) electrons. The number of aliphatic hydroxyl groups excluding tert-OH is 1. The first kappa shape index (κ1) is 18.5. The van der Waals surface area contributed by atoms with Gasteiger partial charge in [-0.1, -0.05) is 11.6 Å². The summed E-state index contributed by atoms with van der Waals surface area (Å²) < 4.78 is 103. The van der Waals surface area contributed by atoms with Crippen molar-refractivity contribution in [3.8, 4) is 0 Å². The van der Waals surface area contributed by atoms with Crippen LogP contribution >= 0.6 is 11.6 Å². The van der Waals surface area contributed by atoms with Crippen molar-refractivity contribution in [2.75, 3.05) is 0 Å². The molecule has 0 saturated carbocycles. The highest BCUT2D eigenvalue weighted by molar-refractivity contribution is 6.30. The third-order valence-corrected chi connectivity index (χ3v) is 3.61. The molecule has 2 rings (SSSR count). The summed E-state index contributed by atoms with van der Waals surface area (Å²) >= 11 is 5.48. The summed E-state index contributed by atoms with van der Waals surface area (Å²) in [5, 5.41) is 9.38. The maximum Gasteiger partial charge on any atom is 0.439 e. The van der Waals surface area contributed by atoms with Crippen LogP contribution in [0.25, 0.3) is 5.76 Å². The Hall–Kier alpha value is -1.84. The van der Waals surface area contributed by atoms with Crippen molar-refractivity contribution in [1.82, 2.24) is 0 Å². The van der Waals surface area contributed by atoms with Gasteiger partial charge in [-0.05, 0) is 17.7 Å². The molecule has 0 saturated heterocycles. The van der Waals surface area contributed by atoms with Crippen molar-refractivity contribution in [3.63, 3.8) is 0 Å². The first-order valence-corrected chi connectivity index (χ1v) is 6.37. The van der Waals surface area contributed by atoms with Gasteiger partial charge in [0.15, 0.2) is 0 Å². The number of rotatable bonds is 2. The van der Waals surface area contributed by atoms with Crippen LogP contribution < -0.4 is 0 Å². The molecule has 1 aliphatic rings. The molecule has 2 nitrogen and oxygen atoms in total.